The Bertz CT molecular complexity index is 235. The van der Waals surface area contributed by atoms with Gasteiger partial charge in [0.25, 0.3) is 0 Å². The quantitative estimate of drug-likeness (QED) is 0.727. The molecule has 1 rings (SSSR count). The van der Waals surface area contributed by atoms with Crippen molar-refractivity contribution in [3.63, 3.8) is 0 Å². The van der Waals surface area contributed by atoms with Crippen molar-refractivity contribution in [1.29, 1.82) is 0 Å². The van der Waals surface area contributed by atoms with Crippen LogP contribution in [0.1, 0.15) is 39.0 Å². The highest BCUT2D eigenvalue weighted by Crippen LogP contribution is 2.10. The second kappa shape index (κ2) is 8.48. The van der Waals surface area contributed by atoms with Gasteiger partial charge in [-0.15, -0.1) is 0 Å². The molecule has 0 aromatic rings. The maximum absolute atomic E-state index is 12.2. The molecular formula is C14H29N3O. The van der Waals surface area contributed by atoms with Crippen molar-refractivity contribution in [2.75, 3.05) is 40.3 Å². The van der Waals surface area contributed by atoms with E-state index in [1.165, 1.54) is 25.7 Å². The third-order valence-electron chi connectivity index (χ3n) is 3.52. The fraction of sp³-hybridized carbons (Fsp3) is 0.929. The summed E-state index contributed by atoms with van der Waals surface area (Å²) in [4.78, 5) is 16.4. The van der Waals surface area contributed by atoms with Crippen LogP contribution in [0.5, 0.6) is 0 Å². The van der Waals surface area contributed by atoms with Crippen molar-refractivity contribution in [2.45, 2.75) is 45.1 Å². The molecule has 106 valence electrons. The van der Waals surface area contributed by atoms with E-state index in [1.54, 1.807) is 0 Å². The highest BCUT2D eigenvalue weighted by atomic mass is 16.2. The van der Waals surface area contributed by atoms with Gasteiger partial charge in [0.15, 0.2) is 0 Å². The smallest absolute Gasteiger partial charge is 0.239 e. The van der Waals surface area contributed by atoms with Gasteiger partial charge in [0, 0.05) is 13.1 Å². The average molecular weight is 255 g/mol. The molecule has 0 aliphatic carbocycles. The molecule has 1 N–H and O–H groups in total. The molecule has 0 saturated carbocycles. The lowest BCUT2D eigenvalue weighted by molar-refractivity contribution is -0.133. The van der Waals surface area contributed by atoms with E-state index in [9.17, 15) is 4.79 Å². The molecule has 18 heavy (non-hydrogen) atoms. The monoisotopic (exact) mass is 255 g/mol. The van der Waals surface area contributed by atoms with Gasteiger partial charge in [0.2, 0.25) is 5.91 Å². The van der Waals surface area contributed by atoms with Gasteiger partial charge in [0.05, 0.1) is 6.04 Å². The minimum Gasteiger partial charge on any atom is -0.341 e. The number of carbonyl (C=O) groups is 1. The first-order valence-corrected chi connectivity index (χ1v) is 7.28. The van der Waals surface area contributed by atoms with Crippen LogP contribution >= 0.6 is 0 Å². The molecule has 1 atom stereocenters. The van der Waals surface area contributed by atoms with E-state index < -0.39 is 0 Å². The van der Waals surface area contributed by atoms with E-state index in [0.717, 1.165) is 32.6 Å². The van der Waals surface area contributed by atoms with Crippen molar-refractivity contribution >= 4 is 5.91 Å². The minimum absolute atomic E-state index is 0.0368. The van der Waals surface area contributed by atoms with Crippen molar-refractivity contribution in [2.24, 2.45) is 0 Å². The number of hydrogen-bond acceptors (Lipinski definition) is 3. The molecule has 1 fully saturated rings. The van der Waals surface area contributed by atoms with Crippen molar-refractivity contribution < 1.29 is 4.79 Å². The summed E-state index contributed by atoms with van der Waals surface area (Å²) >= 11 is 0. The van der Waals surface area contributed by atoms with E-state index in [4.69, 9.17) is 0 Å². The maximum Gasteiger partial charge on any atom is 0.239 e. The summed E-state index contributed by atoms with van der Waals surface area (Å²) in [6, 6.07) is -0.0368. The molecule has 4 heteroatoms. The van der Waals surface area contributed by atoms with Crippen molar-refractivity contribution in [3.8, 4) is 0 Å². The van der Waals surface area contributed by atoms with Crippen LogP contribution in [0.25, 0.3) is 0 Å². The summed E-state index contributed by atoms with van der Waals surface area (Å²) < 4.78 is 0. The number of likely N-dealkylation sites (tertiary alicyclic amines) is 1. The Hall–Kier alpha value is -0.610. The fourth-order valence-electron chi connectivity index (χ4n) is 2.37. The number of nitrogens with zero attached hydrogens (tertiary/aromatic N) is 2. The minimum atomic E-state index is -0.0368. The Labute approximate surface area is 112 Å². The summed E-state index contributed by atoms with van der Waals surface area (Å²) in [5.41, 5.74) is 0. The van der Waals surface area contributed by atoms with Gasteiger partial charge in [-0.2, -0.15) is 0 Å². The van der Waals surface area contributed by atoms with E-state index in [-0.39, 0.29) is 11.9 Å². The van der Waals surface area contributed by atoms with Crippen LogP contribution in [0.4, 0.5) is 0 Å². The third kappa shape index (κ3) is 5.83. The van der Waals surface area contributed by atoms with Gasteiger partial charge in [0.1, 0.15) is 0 Å². The molecule has 0 spiro atoms. The molecule has 1 aliphatic rings. The Morgan fingerprint density at radius 3 is 2.39 bits per heavy atom. The lowest BCUT2D eigenvalue weighted by atomic mass is 10.2. The second-order valence-corrected chi connectivity index (χ2v) is 5.57. The van der Waals surface area contributed by atoms with E-state index in [2.05, 4.69) is 24.3 Å². The zero-order chi connectivity index (χ0) is 13.4. The Kier molecular flexibility index (Phi) is 7.28. The normalized spacial score (nSPS) is 18.8. The highest BCUT2D eigenvalue weighted by Gasteiger charge is 2.20. The summed E-state index contributed by atoms with van der Waals surface area (Å²) in [5, 5.41) is 3.34. The SMILES string of the molecule is CC(NCCCN(C)C)C(=O)N1CCCCCC1. The summed E-state index contributed by atoms with van der Waals surface area (Å²) in [6.45, 7) is 5.87. The van der Waals surface area contributed by atoms with Crippen LogP contribution in [0.2, 0.25) is 0 Å². The predicted molar refractivity (Wildman–Crippen MR) is 75.7 cm³/mol. The summed E-state index contributed by atoms with van der Waals surface area (Å²) in [5.74, 6) is 0.279. The lowest BCUT2D eigenvalue weighted by Crippen LogP contribution is -2.45. The Balaban J connectivity index is 2.22. The van der Waals surface area contributed by atoms with Gasteiger partial charge < -0.3 is 15.1 Å². The van der Waals surface area contributed by atoms with Crippen LogP contribution in [0.3, 0.4) is 0 Å². The summed E-state index contributed by atoms with van der Waals surface area (Å²) in [7, 11) is 4.15. The van der Waals surface area contributed by atoms with E-state index >= 15 is 0 Å². The van der Waals surface area contributed by atoms with E-state index in [0.29, 0.717) is 0 Å². The molecule has 4 nitrogen and oxygen atoms in total. The number of nitrogens with one attached hydrogen (secondary N) is 1. The first-order valence-electron chi connectivity index (χ1n) is 7.28. The van der Waals surface area contributed by atoms with Crippen LogP contribution in [-0.4, -0.2) is 62.0 Å². The van der Waals surface area contributed by atoms with Crippen molar-refractivity contribution in [1.82, 2.24) is 15.1 Å². The number of hydrogen-bond donors (Lipinski definition) is 1. The van der Waals surface area contributed by atoms with Gasteiger partial charge in [-0.05, 0) is 53.4 Å². The zero-order valence-corrected chi connectivity index (χ0v) is 12.2. The van der Waals surface area contributed by atoms with Crippen LogP contribution < -0.4 is 5.32 Å². The molecule has 0 radical (unpaired) electrons. The van der Waals surface area contributed by atoms with Crippen LogP contribution in [0, 0.1) is 0 Å². The molecule has 1 heterocycles. The lowest BCUT2D eigenvalue weighted by Gasteiger charge is -2.24. The third-order valence-corrected chi connectivity index (χ3v) is 3.52. The molecule has 1 amide bonds. The first-order chi connectivity index (χ1) is 8.61. The van der Waals surface area contributed by atoms with Crippen molar-refractivity contribution in [3.05, 3.63) is 0 Å². The number of rotatable bonds is 6. The average Bonchev–Trinajstić information content (AvgIpc) is 2.61. The zero-order valence-electron chi connectivity index (χ0n) is 12.2. The maximum atomic E-state index is 12.2. The van der Waals surface area contributed by atoms with Crippen LogP contribution in [-0.2, 0) is 4.79 Å². The van der Waals surface area contributed by atoms with Crippen LogP contribution in [0.15, 0.2) is 0 Å². The fourth-order valence-corrected chi connectivity index (χ4v) is 2.37. The molecule has 1 aliphatic heterocycles. The number of carbonyl (C=O) groups excluding carboxylic acids is 1. The van der Waals surface area contributed by atoms with Gasteiger partial charge >= 0.3 is 0 Å². The molecule has 1 unspecified atom stereocenters. The standard InChI is InChI=1S/C14H29N3O/c1-13(15-9-8-10-16(2)3)14(18)17-11-6-4-5-7-12-17/h13,15H,4-12H2,1-3H3. The predicted octanol–water partition coefficient (Wildman–Crippen LogP) is 1.32. The Morgan fingerprint density at radius 1 is 1.22 bits per heavy atom. The molecule has 0 aromatic heterocycles. The highest BCUT2D eigenvalue weighted by molar-refractivity contribution is 5.81. The molecule has 0 bridgehead atoms. The van der Waals surface area contributed by atoms with Gasteiger partial charge in [-0.25, -0.2) is 0 Å². The second-order valence-electron chi connectivity index (χ2n) is 5.57. The van der Waals surface area contributed by atoms with Gasteiger partial charge in [-0.1, -0.05) is 12.8 Å². The first kappa shape index (κ1) is 15.4. The number of amides is 1. The topological polar surface area (TPSA) is 35.6 Å². The molecule has 1 saturated heterocycles. The molecule has 0 aromatic carbocycles. The largest absolute Gasteiger partial charge is 0.341 e. The molecular weight excluding hydrogens is 226 g/mol. The van der Waals surface area contributed by atoms with Gasteiger partial charge in [-0.3, -0.25) is 4.79 Å². The van der Waals surface area contributed by atoms with E-state index in [1.807, 2.05) is 11.8 Å². The summed E-state index contributed by atoms with van der Waals surface area (Å²) in [6.07, 6.45) is 5.96. The Morgan fingerprint density at radius 2 is 1.83 bits per heavy atom.